The van der Waals surface area contributed by atoms with E-state index < -0.39 is 8.03 Å². The summed E-state index contributed by atoms with van der Waals surface area (Å²) >= 11 is 0. The maximum Gasteiger partial charge on any atom is 0.228 e. The number of methoxy groups -OCH3 is 2. The van der Waals surface area contributed by atoms with Crippen molar-refractivity contribution in [2.24, 2.45) is 0 Å². The molecule has 0 fully saturated rings. The SMILES string of the molecule is COc1cccc(OC)c1[PH](=O)OCCC(=O)c1ccccc1. The van der Waals surface area contributed by atoms with Crippen LogP contribution in [0.1, 0.15) is 16.8 Å². The summed E-state index contributed by atoms with van der Waals surface area (Å²) < 4.78 is 28.2. The third kappa shape index (κ3) is 4.44. The van der Waals surface area contributed by atoms with Crippen LogP contribution in [0, 0.1) is 0 Å². The van der Waals surface area contributed by atoms with Gasteiger partial charge in [0.05, 0.1) is 20.8 Å². The topological polar surface area (TPSA) is 61.8 Å². The van der Waals surface area contributed by atoms with E-state index in [2.05, 4.69) is 0 Å². The van der Waals surface area contributed by atoms with Crippen molar-refractivity contribution < 1.29 is 23.4 Å². The number of ether oxygens (including phenoxy) is 2. The maximum atomic E-state index is 12.4. The van der Waals surface area contributed by atoms with Gasteiger partial charge in [0.15, 0.2) is 5.78 Å². The van der Waals surface area contributed by atoms with Gasteiger partial charge < -0.3 is 14.0 Å². The summed E-state index contributed by atoms with van der Waals surface area (Å²) in [4.78, 5) is 12.0. The number of carbonyl (C=O) groups is 1. The van der Waals surface area contributed by atoms with Crippen molar-refractivity contribution >= 4 is 19.1 Å². The van der Waals surface area contributed by atoms with Gasteiger partial charge in [-0.15, -0.1) is 0 Å². The molecule has 0 amide bonds. The van der Waals surface area contributed by atoms with E-state index in [4.69, 9.17) is 14.0 Å². The summed E-state index contributed by atoms with van der Waals surface area (Å²) in [6.07, 6.45) is 0.165. The number of hydrogen-bond donors (Lipinski definition) is 0. The molecule has 0 N–H and O–H groups in total. The van der Waals surface area contributed by atoms with Gasteiger partial charge in [-0.3, -0.25) is 9.36 Å². The zero-order valence-electron chi connectivity index (χ0n) is 13.1. The van der Waals surface area contributed by atoms with Crippen LogP contribution in [0.15, 0.2) is 48.5 Å². The first-order valence-electron chi connectivity index (χ1n) is 7.13. The highest BCUT2D eigenvalue weighted by Crippen LogP contribution is 2.33. The number of hydrogen-bond acceptors (Lipinski definition) is 5. The van der Waals surface area contributed by atoms with Crippen LogP contribution in [0.3, 0.4) is 0 Å². The summed E-state index contributed by atoms with van der Waals surface area (Å²) in [7, 11) is 0.405. The molecule has 0 saturated carbocycles. The van der Waals surface area contributed by atoms with Crippen LogP contribution in [0.5, 0.6) is 11.5 Å². The first-order chi connectivity index (χ1) is 11.2. The Morgan fingerprint density at radius 2 is 1.57 bits per heavy atom. The minimum absolute atomic E-state index is 0.0487. The molecule has 2 aromatic carbocycles. The van der Waals surface area contributed by atoms with Gasteiger partial charge in [0, 0.05) is 12.0 Å². The lowest BCUT2D eigenvalue weighted by atomic mass is 10.1. The number of ketones is 1. The number of Topliss-reactive ketones (excluding diaryl/α,β-unsaturated/α-hetero) is 1. The summed E-state index contributed by atoms with van der Waals surface area (Å²) in [5.41, 5.74) is 0.616. The van der Waals surface area contributed by atoms with E-state index in [0.717, 1.165) is 0 Å². The van der Waals surface area contributed by atoms with Crippen molar-refractivity contribution in [1.82, 2.24) is 0 Å². The van der Waals surface area contributed by atoms with Crippen molar-refractivity contribution in [1.29, 1.82) is 0 Å². The molecule has 2 rings (SSSR count). The Bertz CT molecular complexity index is 662. The molecule has 0 aromatic heterocycles. The second-order valence-electron chi connectivity index (χ2n) is 4.71. The van der Waals surface area contributed by atoms with Crippen LogP contribution in [0.4, 0.5) is 0 Å². The van der Waals surface area contributed by atoms with Crippen LogP contribution in [-0.4, -0.2) is 26.6 Å². The van der Waals surface area contributed by atoms with Crippen LogP contribution in [-0.2, 0) is 9.09 Å². The Kier molecular flexibility index (Phi) is 6.39. The zero-order chi connectivity index (χ0) is 16.7. The largest absolute Gasteiger partial charge is 0.496 e. The van der Waals surface area contributed by atoms with E-state index in [1.807, 2.05) is 6.07 Å². The predicted molar refractivity (Wildman–Crippen MR) is 89.5 cm³/mol. The lowest BCUT2D eigenvalue weighted by Gasteiger charge is -2.12. The summed E-state index contributed by atoms with van der Waals surface area (Å²) in [5, 5.41) is 0.398. The fourth-order valence-corrected chi connectivity index (χ4v) is 3.33. The molecule has 0 aliphatic carbocycles. The zero-order valence-corrected chi connectivity index (χ0v) is 14.1. The van der Waals surface area contributed by atoms with Gasteiger partial charge in [-0.2, -0.15) is 0 Å². The Hall–Kier alpha value is -2.10. The Balaban J connectivity index is 1.99. The smallest absolute Gasteiger partial charge is 0.228 e. The van der Waals surface area contributed by atoms with Gasteiger partial charge in [0.2, 0.25) is 8.03 Å². The van der Waals surface area contributed by atoms with Crippen molar-refractivity contribution in [2.75, 3.05) is 20.8 Å². The Morgan fingerprint density at radius 3 is 2.13 bits per heavy atom. The van der Waals surface area contributed by atoms with Gasteiger partial charge in [0.1, 0.15) is 16.8 Å². The second kappa shape index (κ2) is 8.51. The highest BCUT2D eigenvalue weighted by molar-refractivity contribution is 7.49. The van der Waals surface area contributed by atoms with E-state index in [-0.39, 0.29) is 18.8 Å². The van der Waals surface area contributed by atoms with Gasteiger partial charge >= 0.3 is 0 Å². The molecule has 0 aliphatic rings. The molecule has 0 bridgehead atoms. The second-order valence-corrected chi connectivity index (χ2v) is 6.08. The molecule has 0 aliphatic heterocycles. The lowest BCUT2D eigenvalue weighted by molar-refractivity contribution is 0.0965. The minimum atomic E-state index is -2.58. The standard InChI is InChI=1S/C17H19O5P/c1-20-15-9-6-10-16(21-2)17(15)23(19)22-12-11-14(18)13-7-4-3-5-8-13/h3-10,23H,11-12H2,1-2H3. The van der Waals surface area contributed by atoms with E-state index in [9.17, 15) is 9.36 Å². The lowest BCUT2D eigenvalue weighted by Crippen LogP contribution is -2.09. The first kappa shape index (κ1) is 17.3. The highest BCUT2D eigenvalue weighted by Gasteiger charge is 2.17. The van der Waals surface area contributed by atoms with Crippen LogP contribution < -0.4 is 14.8 Å². The van der Waals surface area contributed by atoms with E-state index in [0.29, 0.717) is 22.4 Å². The Morgan fingerprint density at radius 1 is 0.957 bits per heavy atom. The molecule has 23 heavy (non-hydrogen) atoms. The van der Waals surface area contributed by atoms with Crippen LogP contribution in [0.25, 0.3) is 0 Å². The number of carbonyl (C=O) groups excluding carboxylic acids is 1. The molecule has 0 radical (unpaired) electrons. The third-order valence-corrected chi connectivity index (χ3v) is 4.66. The molecule has 0 heterocycles. The molecule has 6 heteroatoms. The van der Waals surface area contributed by atoms with Crippen molar-refractivity contribution in [2.45, 2.75) is 6.42 Å². The summed E-state index contributed by atoms with van der Waals surface area (Å²) in [6, 6.07) is 14.1. The van der Waals surface area contributed by atoms with Crippen molar-refractivity contribution in [3.8, 4) is 11.5 Å². The molecule has 1 atom stereocenters. The van der Waals surface area contributed by atoms with Crippen LogP contribution in [0.2, 0.25) is 0 Å². The van der Waals surface area contributed by atoms with Gasteiger partial charge in [-0.05, 0) is 12.1 Å². The van der Waals surface area contributed by atoms with Gasteiger partial charge in [-0.1, -0.05) is 36.4 Å². The Labute approximate surface area is 136 Å². The van der Waals surface area contributed by atoms with Gasteiger partial charge in [-0.25, -0.2) is 0 Å². The molecular formula is C17H19O5P. The average Bonchev–Trinajstić information content (AvgIpc) is 2.61. The fraction of sp³-hybridized carbons (Fsp3) is 0.235. The highest BCUT2D eigenvalue weighted by atomic mass is 31.1. The first-order valence-corrected chi connectivity index (χ1v) is 8.45. The summed E-state index contributed by atoms with van der Waals surface area (Å²) in [6.45, 7) is 0.0761. The normalized spacial score (nSPS) is 11.7. The van der Waals surface area contributed by atoms with Crippen molar-refractivity contribution in [3.05, 3.63) is 54.1 Å². The van der Waals surface area contributed by atoms with Crippen LogP contribution >= 0.6 is 8.03 Å². The molecule has 2 aromatic rings. The molecule has 0 spiro atoms. The predicted octanol–water partition coefficient (Wildman–Crippen LogP) is 3.09. The van der Waals surface area contributed by atoms with Gasteiger partial charge in [0.25, 0.3) is 0 Å². The number of benzene rings is 2. The van der Waals surface area contributed by atoms with E-state index in [1.165, 1.54) is 14.2 Å². The monoisotopic (exact) mass is 334 g/mol. The minimum Gasteiger partial charge on any atom is -0.496 e. The van der Waals surface area contributed by atoms with E-state index >= 15 is 0 Å². The fourth-order valence-electron chi connectivity index (χ4n) is 2.13. The van der Waals surface area contributed by atoms with E-state index in [1.54, 1.807) is 42.5 Å². The molecular weight excluding hydrogens is 315 g/mol. The van der Waals surface area contributed by atoms with Crippen molar-refractivity contribution in [3.63, 3.8) is 0 Å². The quantitative estimate of drug-likeness (QED) is 0.548. The number of rotatable bonds is 8. The molecule has 5 nitrogen and oxygen atoms in total. The third-order valence-electron chi connectivity index (χ3n) is 3.29. The summed E-state index contributed by atoms with van der Waals surface area (Å²) in [5.74, 6) is 0.845. The molecule has 122 valence electrons. The molecule has 0 saturated heterocycles. The average molecular weight is 334 g/mol. The molecule has 1 unspecified atom stereocenters. The maximum absolute atomic E-state index is 12.4.